The highest BCUT2D eigenvalue weighted by Crippen LogP contribution is 2.23. The summed E-state index contributed by atoms with van der Waals surface area (Å²) in [6.07, 6.45) is 1.76. The van der Waals surface area contributed by atoms with Crippen molar-refractivity contribution in [2.24, 2.45) is 0 Å². The average molecular weight is 447 g/mol. The van der Waals surface area contributed by atoms with E-state index in [1.807, 2.05) is 31.4 Å². The number of anilines is 1. The molecule has 30 heavy (non-hydrogen) atoms. The van der Waals surface area contributed by atoms with E-state index in [9.17, 15) is 8.42 Å². The quantitative estimate of drug-likeness (QED) is 0.612. The van der Waals surface area contributed by atoms with E-state index in [0.29, 0.717) is 37.0 Å². The number of rotatable bonds is 4. The van der Waals surface area contributed by atoms with Gasteiger partial charge in [-0.25, -0.2) is 23.4 Å². The summed E-state index contributed by atoms with van der Waals surface area (Å²) < 4.78 is 29.3. The van der Waals surface area contributed by atoms with E-state index in [2.05, 4.69) is 19.9 Å². The lowest BCUT2D eigenvalue weighted by atomic mass is 10.3. The van der Waals surface area contributed by atoms with Gasteiger partial charge < -0.3 is 4.90 Å². The molecule has 3 aromatic rings. The van der Waals surface area contributed by atoms with Crippen molar-refractivity contribution in [1.29, 1.82) is 0 Å². The third-order valence-electron chi connectivity index (χ3n) is 5.32. The zero-order valence-electron chi connectivity index (χ0n) is 17.1. The highest BCUT2D eigenvalue weighted by atomic mass is 35.5. The first-order valence-electron chi connectivity index (χ1n) is 9.63. The van der Waals surface area contributed by atoms with Crippen LogP contribution in [-0.2, 0) is 10.0 Å². The van der Waals surface area contributed by atoms with Crippen LogP contribution in [0, 0.1) is 20.8 Å². The summed E-state index contributed by atoms with van der Waals surface area (Å²) in [5.74, 6) is 2.20. The number of piperazine rings is 1. The maximum atomic E-state index is 12.9. The number of imidazole rings is 1. The minimum atomic E-state index is -3.54. The third kappa shape index (κ3) is 3.92. The molecule has 0 saturated carbocycles. The molecule has 0 unspecified atom stereocenters. The van der Waals surface area contributed by atoms with Gasteiger partial charge in [0.05, 0.1) is 10.6 Å². The molecule has 158 valence electrons. The largest absolute Gasteiger partial charge is 0.354 e. The van der Waals surface area contributed by atoms with Crippen LogP contribution < -0.4 is 4.90 Å². The fraction of sp³-hybridized carbons (Fsp3) is 0.350. The average Bonchev–Trinajstić information content (AvgIpc) is 3.06. The number of benzene rings is 1. The maximum absolute atomic E-state index is 12.9. The Bertz CT molecular complexity index is 1170. The SMILES string of the molecule is Cc1nc(N2CCN(S(=O)(=O)c3ccc(Cl)cc3)CC2)cc(-n2cnc(C)c2C)n1. The Hall–Kier alpha value is -2.49. The molecule has 0 N–H and O–H groups in total. The summed E-state index contributed by atoms with van der Waals surface area (Å²) in [6.45, 7) is 7.67. The zero-order chi connectivity index (χ0) is 21.5. The van der Waals surface area contributed by atoms with Gasteiger partial charge >= 0.3 is 0 Å². The molecule has 3 heterocycles. The number of hydrogen-bond donors (Lipinski definition) is 0. The fourth-order valence-corrected chi connectivity index (χ4v) is 5.01. The van der Waals surface area contributed by atoms with E-state index in [-0.39, 0.29) is 4.90 Å². The molecule has 2 aromatic heterocycles. The van der Waals surface area contributed by atoms with Crippen LogP contribution in [-0.4, -0.2) is 58.4 Å². The number of aromatic nitrogens is 4. The van der Waals surface area contributed by atoms with Gasteiger partial charge in [-0.2, -0.15) is 4.31 Å². The normalized spacial score (nSPS) is 15.5. The fourth-order valence-electron chi connectivity index (χ4n) is 3.46. The van der Waals surface area contributed by atoms with Crippen molar-refractivity contribution >= 4 is 27.4 Å². The second kappa shape index (κ2) is 7.98. The van der Waals surface area contributed by atoms with E-state index >= 15 is 0 Å². The van der Waals surface area contributed by atoms with Crippen molar-refractivity contribution < 1.29 is 8.42 Å². The molecule has 0 aliphatic carbocycles. The van der Waals surface area contributed by atoms with Gasteiger partial charge in [0.15, 0.2) is 0 Å². The van der Waals surface area contributed by atoms with Crippen molar-refractivity contribution in [1.82, 2.24) is 23.8 Å². The van der Waals surface area contributed by atoms with Crippen molar-refractivity contribution in [3.05, 3.63) is 58.9 Å². The molecule has 1 aliphatic rings. The summed E-state index contributed by atoms with van der Waals surface area (Å²) in [5, 5.41) is 0.511. The minimum Gasteiger partial charge on any atom is -0.354 e. The molecule has 8 nitrogen and oxygen atoms in total. The van der Waals surface area contributed by atoms with Crippen LogP contribution in [0.1, 0.15) is 17.2 Å². The van der Waals surface area contributed by atoms with E-state index in [0.717, 1.165) is 23.0 Å². The van der Waals surface area contributed by atoms with Crippen LogP contribution in [0.15, 0.2) is 41.6 Å². The Morgan fingerprint density at radius 1 is 0.933 bits per heavy atom. The van der Waals surface area contributed by atoms with Crippen molar-refractivity contribution in [2.45, 2.75) is 25.7 Å². The summed E-state index contributed by atoms with van der Waals surface area (Å²) >= 11 is 5.88. The molecule has 0 radical (unpaired) electrons. The first-order chi connectivity index (χ1) is 14.3. The van der Waals surface area contributed by atoms with Crippen molar-refractivity contribution in [2.75, 3.05) is 31.1 Å². The van der Waals surface area contributed by atoms with Gasteiger partial charge in [0, 0.05) is 43.0 Å². The van der Waals surface area contributed by atoms with Gasteiger partial charge in [0.2, 0.25) is 10.0 Å². The maximum Gasteiger partial charge on any atom is 0.243 e. The predicted octanol–water partition coefficient (Wildman–Crippen LogP) is 2.75. The molecule has 0 atom stereocenters. The standard InChI is InChI=1S/C20H23ClN6O2S/c1-14-15(2)27(13-22-14)20-12-19(23-16(3)24-20)25-8-10-26(11-9-25)30(28,29)18-6-4-17(21)5-7-18/h4-7,12-13H,8-11H2,1-3H3. The second-order valence-corrected chi connectivity index (χ2v) is 9.64. The monoisotopic (exact) mass is 446 g/mol. The summed E-state index contributed by atoms with van der Waals surface area (Å²) in [5.41, 5.74) is 1.98. The first-order valence-corrected chi connectivity index (χ1v) is 11.4. The van der Waals surface area contributed by atoms with Crippen LogP contribution in [0.4, 0.5) is 5.82 Å². The molecule has 0 spiro atoms. The molecular weight excluding hydrogens is 424 g/mol. The van der Waals surface area contributed by atoms with Crippen LogP contribution in [0.5, 0.6) is 0 Å². The number of aryl methyl sites for hydroxylation is 2. The summed E-state index contributed by atoms with van der Waals surface area (Å²) in [7, 11) is -3.54. The lowest BCUT2D eigenvalue weighted by Crippen LogP contribution is -2.49. The Balaban J connectivity index is 1.53. The highest BCUT2D eigenvalue weighted by Gasteiger charge is 2.29. The predicted molar refractivity (Wildman–Crippen MR) is 116 cm³/mol. The van der Waals surface area contributed by atoms with Gasteiger partial charge in [0.25, 0.3) is 0 Å². The van der Waals surface area contributed by atoms with Crippen LogP contribution in [0.3, 0.4) is 0 Å². The summed E-state index contributed by atoms with van der Waals surface area (Å²) in [6, 6.07) is 8.19. The number of sulfonamides is 1. The molecule has 1 fully saturated rings. The number of nitrogens with zero attached hydrogens (tertiary/aromatic N) is 6. The van der Waals surface area contributed by atoms with Gasteiger partial charge in [-0.05, 0) is 45.0 Å². The van der Waals surface area contributed by atoms with E-state index in [1.165, 1.54) is 4.31 Å². The Morgan fingerprint density at radius 3 is 2.17 bits per heavy atom. The lowest BCUT2D eigenvalue weighted by molar-refractivity contribution is 0.383. The molecule has 4 rings (SSSR count). The molecule has 0 bridgehead atoms. The van der Waals surface area contributed by atoms with Gasteiger partial charge in [-0.1, -0.05) is 11.6 Å². The van der Waals surface area contributed by atoms with Crippen LogP contribution in [0.2, 0.25) is 5.02 Å². The van der Waals surface area contributed by atoms with E-state index < -0.39 is 10.0 Å². The molecular formula is C20H23ClN6O2S. The van der Waals surface area contributed by atoms with Gasteiger partial charge in [-0.3, -0.25) is 4.57 Å². The Morgan fingerprint density at radius 2 is 1.57 bits per heavy atom. The van der Waals surface area contributed by atoms with Gasteiger partial charge in [-0.15, -0.1) is 0 Å². The molecule has 1 saturated heterocycles. The second-order valence-electron chi connectivity index (χ2n) is 7.26. The number of halogens is 1. The molecule has 1 aliphatic heterocycles. The first kappa shape index (κ1) is 20.8. The Labute approximate surface area is 181 Å². The highest BCUT2D eigenvalue weighted by molar-refractivity contribution is 7.89. The van der Waals surface area contributed by atoms with Gasteiger partial charge in [0.1, 0.15) is 23.8 Å². The Kier molecular flexibility index (Phi) is 5.52. The smallest absolute Gasteiger partial charge is 0.243 e. The minimum absolute atomic E-state index is 0.256. The van der Waals surface area contributed by atoms with Crippen LogP contribution >= 0.6 is 11.6 Å². The molecule has 1 aromatic carbocycles. The summed E-state index contributed by atoms with van der Waals surface area (Å²) in [4.78, 5) is 15.8. The molecule has 0 amide bonds. The van der Waals surface area contributed by atoms with Crippen molar-refractivity contribution in [3.8, 4) is 5.82 Å². The van der Waals surface area contributed by atoms with E-state index in [1.54, 1.807) is 30.6 Å². The van der Waals surface area contributed by atoms with Crippen LogP contribution in [0.25, 0.3) is 5.82 Å². The van der Waals surface area contributed by atoms with E-state index in [4.69, 9.17) is 11.6 Å². The van der Waals surface area contributed by atoms with Crippen molar-refractivity contribution in [3.63, 3.8) is 0 Å². The lowest BCUT2D eigenvalue weighted by Gasteiger charge is -2.34. The number of hydrogen-bond acceptors (Lipinski definition) is 6. The zero-order valence-corrected chi connectivity index (χ0v) is 18.7. The third-order valence-corrected chi connectivity index (χ3v) is 7.49. The molecule has 10 heteroatoms. The topological polar surface area (TPSA) is 84.2 Å².